The molecule has 0 spiro atoms. The lowest BCUT2D eigenvalue weighted by atomic mass is 10.1. The zero-order chi connectivity index (χ0) is 14.4. The van der Waals surface area contributed by atoms with Gasteiger partial charge < -0.3 is 5.11 Å². The number of fused-ring (bicyclic) bond motifs is 2. The summed E-state index contributed by atoms with van der Waals surface area (Å²) in [5.74, 6) is -1.23. The number of aliphatic carboxylic acids is 1. The molecule has 1 atom stereocenters. The molecular weight excluding hydrogens is 284 g/mol. The maximum atomic E-state index is 11.3. The number of thiazole rings is 1. The van der Waals surface area contributed by atoms with Gasteiger partial charge in [-0.15, -0.1) is 11.3 Å². The van der Waals surface area contributed by atoms with E-state index >= 15 is 0 Å². The molecule has 1 unspecified atom stereocenters. The second-order valence-electron chi connectivity index (χ2n) is 5.17. The Balaban J connectivity index is 1.88. The molecule has 3 aromatic rings. The van der Waals surface area contributed by atoms with Crippen molar-refractivity contribution in [3.63, 3.8) is 0 Å². The summed E-state index contributed by atoms with van der Waals surface area (Å²) >= 11 is 1.60. The van der Waals surface area contributed by atoms with Gasteiger partial charge in [0.2, 0.25) is 0 Å². The number of nitrogens with zero attached hydrogens (tertiary/aromatic N) is 2. The number of rotatable bonds is 2. The van der Waals surface area contributed by atoms with Gasteiger partial charge in [0.25, 0.3) is 0 Å². The summed E-state index contributed by atoms with van der Waals surface area (Å²) in [5, 5.41) is 12.3. The van der Waals surface area contributed by atoms with Gasteiger partial charge in [-0.3, -0.25) is 9.78 Å². The molecule has 0 saturated heterocycles. The molecule has 104 valence electrons. The highest BCUT2D eigenvalue weighted by Gasteiger charge is 2.32. The summed E-state index contributed by atoms with van der Waals surface area (Å²) in [6, 6.07) is 8.05. The Hall–Kier alpha value is -2.27. The lowest BCUT2D eigenvalue weighted by Gasteiger charge is -2.04. The number of carboxylic acids is 1. The maximum absolute atomic E-state index is 11.3. The molecule has 1 aliphatic carbocycles. The quantitative estimate of drug-likeness (QED) is 0.786. The Kier molecular flexibility index (Phi) is 2.75. The Labute approximate surface area is 125 Å². The van der Waals surface area contributed by atoms with Crippen molar-refractivity contribution in [2.75, 3.05) is 0 Å². The minimum Gasteiger partial charge on any atom is -0.481 e. The number of carboxylic acid groups (broad SMARTS) is 1. The highest BCUT2D eigenvalue weighted by atomic mass is 32.1. The molecule has 21 heavy (non-hydrogen) atoms. The van der Waals surface area contributed by atoms with Crippen molar-refractivity contribution in [3.05, 3.63) is 47.2 Å². The summed E-state index contributed by atoms with van der Waals surface area (Å²) in [7, 11) is 0. The molecule has 5 heteroatoms. The topological polar surface area (TPSA) is 63.1 Å². The van der Waals surface area contributed by atoms with Crippen LogP contribution in [0.5, 0.6) is 0 Å². The van der Waals surface area contributed by atoms with Crippen LogP contribution in [-0.2, 0) is 11.2 Å². The lowest BCUT2D eigenvalue weighted by molar-refractivity contribution is -0.138. The average Bonchev–Trinajstić information content (AvgIpc) is 3.06. The van der Waals surface area contributed by atoms with Gasteiger partial charge in [-0.2, -0.15) is 0 Å². The minimum absolute atomic E-state index is 0.451. The molecule has 0 saturated carbocycles. The fourth-order valence-electron chi connectivity index (χ4n) is 2.87. The molecule has 1 aromatic carbocycles. The number of aromatic nitrogens is 2. The largest absolute Gasteiger partial charge is 0.481 e. The third-order valence-corrected chi connectivity index (χ3v) is 5.08. The first-order valence-corrected chi connectivity index (χ1v) is 7.61. The normalized spacial score (nSPS) is 17.0. The third-order valence-electron chi connectivity index (χ3n) is 3.91. The van der Waals surface area contributed by atoms with E-state index in [1.807, 2.05) is 36.7 Å². The van der Waals surface area contributed by atoms with E-state index in [0.717, 1.165) is 38.3 Å². The molecule has 0 fully saturated rings. The van der Waals surface area contributed by atoms with Crippen LogP contribution in [0.3, 0.4) is 0 Å². The summed E-state index contributed by atoms with van der Waals surface area (Å²) in [4.78, 5) is 21.3. The van der Waals surface area contributed by atoms with E-state index in [1.165, 1.54) is 0 Å². The number of pyridine rings is 1. The van der Waals surface area contributed by atoms with E-state index in [4.69, 9.17) is 0 Å². The van der Waals surface area contributed by atoms with Gasteiger partial charge in [0, 0.05) is 28.2 Å². The van der Waals surface area contributed by atoms with E-state index < -0.39 is 11.9 Å². The monoisotopic (exact) mass is 296 g/mol. The van der Waals surface area contributed by atoms with Crippen molar-refractivity contribution in [2.24, 2.45) is 0 Å². The fraction of sp³-hybridized carbons (Fsp3) is 0.188. The fourth-order valence-corrected chi connectivity index (χ4v) is 4.03. The minimum atomic E-state index is -0.776. The maximum Gasteiger partial charge on any atom is 0.312 e. The van der Waals surface area contributed by atoms with Gasteiger partial charge in [-0.25, -0.2) is 4.98 Å². The van der Waals surface area contributed by atoms with E-state index in [9.17, 15) is 9.90 Å². The Bertz CT molecular complexity index is 851. The highest BCUT2D eigenvalue weighted by molar-refractivity contribution is 7.15. The van der Waals surface area contributed by atoms with Gasteiger partial charge in [0.1, 0.15) is 10.9 Å². The zero-order valence-corrected chi connectivity index (χ0v) is 11.9. The molecular formula is C16H12N2O2S. The number of benzene rings is 1. The Morgan fingerprint density at radius 1 is 1.29 bits per heavy atom. The second kappa shape index (κ2) is 4.63. The van der Waals surface area contributed by atoms with Crippen molar-refractivity contribution in [1.82, 2.24) is 9.97 Å². The Morgan fingerprint density at radius 3 is 3.00 bits per heavy atom. The summed E-state index contributed by atoms with van der Waals surface area (Å²) in [6.07, 6.45) is 5.12. The molecule has 4 rings (SSSR count). The summed E-state index contributed by atoms with van der Waals surface area (Å²) in [5.41, 5.74) is 1.73. The smallest absolute Gasteiger partial charge is 0.312 e. The lowest BCUT2D eigenvalue weighted by Crippen LogP contribution is -2.08. The number of hydrogen-bond donors (Lipinski definition) is 1. The van der Waals surface area contributed by atoms with Crippen molar-refractivity contribution in [3.8, 4) is 10.6 Å². The second-order valence-corrected chi connectivity index (χ2v) is 6.25. The van der Waals surface area contributed by atoms with Crippen molar-refractivity contribution >= 4 is 28.1 Å². The molecule has 0 amide bonds. The predicted octanol–water partition coefficient (Wildman–Crippen LogP) is 3.47. The van der Waals surface area contributed by atoms with E-state index in [-0.39, 0.29) is 0 Å². The summed E-state index contributed by atoms with van der Waals surface area (Å²) in [6.45, 7) is 0. The standard InChI is InChI=1S/C16H12N2O2S/c19-16(20)11-5-6-13-14(11)18-15(21-13)12-8-17-7-9-3-1-2-4-10(9)12/h1-4,7-8,11H,5-6H2,(H,19,20). The van der Waals surface area contributed by atoms with Gasteiger partial charge in [-0.1, -0.05) is 24.3 Å². The van der Waals surface area contributed by atoms with Crippen LogP contribution in [0.4, 0.5) is 0 Å². The van der Waals surface area contributed by atoms with Gasteiger partial charge in [0.15, 0.2) is 0 Å². The number of hydrogen-bond acceptors (Lipinski definition) is 4. The number of carbonyl (C=O) groups is 1. The number of aryl methyl sites for hydroxylation is 1. The van der Waals surface area contributed by atoms with Gasteiger partial charge >= 0.3 is 5.97 Å². The highest BCUT2D eigenvalue weighted by Crippen LogP contribution is 2.41. The van der Waals surface area contributed by atoms with Crippen molar-refractivity contribution in [2.45, 2.75) is 18.8 Å². The molecule has 0 aliphatic heterocycles. The van der Waals surface area contributed by atoms with E-state index in [1.54, 1.807) is 11.3 Å². The van der Waals surface area contributed by atoms with Crippen LogP contribution < -0.4 is 0 Å². The predicted molar refractivity (Wildman–Crippen MR) is 81.5 cm³/mol. The van der Waals surface area contributed by atoms with Crippen LogP contribution in [-0.4, -0.2) is 21.0 Å². The van der Waals surface area contributed by atoms with Crippen molar-refractivity contribution in [1.29, 1.82) is 0 Å². The van der Waals surface area contributed by atoms with Crippen molar-refractivity contribution < 1.29 is 9.90 Å². The van der Waals surface area contributed by atoms with Gasteiger partial charge in [-0.05, 0) is 18.2 Å². The first kappa shape index (κ1) is 12.5. The molecule has 0 radical (unpaired) electrons. The van der Waals surface area contributed by atoms with Crippen LogP contribution in [0.25, 0.3) is 21.3 Å². The zero-order valence-electron chi connectivity index (χ0n) is 11.1. The van der Waals surface area contributed by atoms with Crippen LogP contribution in [0.2, 0.25) is 0 Å². The van der Waals surface area contributed by atoms with Crippen LogP contribution in [0, 0.1) is 0 Å². The Morgan fingerprint density at radius 2 is 2.14 bits per heavy atom. The van der Waals surface area contributed by atoms with Crippen LogP contribution in [0.15, 0.2) is 36.7 Å². The molecule has 2 heterocycles. The van der Waals surface area contributed by atoms with Crippen LogP contribution >= 0.6 is 11.3 Å². The van der Waals surface area contributed by atoms with E-state index in [0.29, 0.717) is 6.42 Å². The molecule has 0 bridgehead atoms. The van der Waals surface area contributed by atoms with E-state index in [2.05, 4.69) is 9.97 Å². The molecule has 1 N–H and O–H groups in total. The molecule has 1 aliphatic rings. The first-order valence-electron chi connectivity index (χ1n) is 6.79. The molecule has 2 aromatic heterocycles. The van der Waals surface area contributed by atoms with Gasteiger partial charge in [0.05, 0.1) is 5.69 Å². The average molecular weight is 296 g/mol. The molecule has 4 nitrogen and oxygen atoms in total. The SMILES string of the molecule is O=C(O)C1CCc2sc(-c3cncc4ccccc34)nc21. The summed E-state index contributed by atoms with van der Waals surface area (Å²) < 4.78 is 0. The third kappa shape index (κ3) is 1.93. The first-order chi connectivity index (χ1) is 10.2. The van der Waals surface area contributed by atoms with Crippen LogP contribution in [0.1, 0.15) is 22.9 Å².